The number of rotatable bonds is 5. The normalized spacial score (nSPS) is 10.9. The molecule has 0 aliphatic heterocycles. The van der Waals surface area contributed by atoms with Gasteiger partial charge in [-0.1, -0.05) is 48.1 Å². The maximum absolute atomic E-state index is 13.3. The van der Waals surface area contributed by atoms with Crippen LogP contribution in [-0.4, -0.2) is 16.9 Å². The molecule has 0 aromatic heterocycles. The van der Waals surface area contributed by atoms with Crippen molar-refractivity contribution in [1.29, 1.82) is 0 Å². The molecule has 0 aliphatic carbocycles. The lowest BCUT2D eigenvalue weighted by Crippen LogP contribution is -2.21. The van der Waals surface area contributed by atoms with Gasteiger partial charge in [0, 0.05) is 18.7 Å². The average molecular weight is 302 g/mol. The molecule has 2 N–H and O–H groups in total. The molecule has 110 valence electrons. The third-order valence-electron chi connectivity index (χ3n) is 3.35. The fraction of sp³-hybridized carbons (Fsp3) is 0.235. The summed E-state index contributed by atoms with van der Waals surface area (Å²) in [5.41, 5.74) is 9.71. The fourth-order valence-electron chi connectivity index (χ4n) is 2.27. The van der Waals surface area contributed by atoms with Crippen LogP contribution in [0.1, 0.15) is 22.3 Å². The lowest BCUT2D eigenvalue weighted by Gasteiger charge is -2.19. The monoisotopic (exact) mass is 302 g/mol. The lowest BCUT2D eigenvalue weighted by molar-refractivity contribution is 0.319. The van der Waals surface area contributed by atoms with Crippen LogP contribution in [0.15, 0.2) is 42.5 Å². The molecule has 21 heavy (non-hydrogen) atoms. The number of nitrogens with two attached hydrogens (primary N) is 1. The van der Waals surface area contributed by atoms with Gasteiger partial charge in [0.1, 0.15) is 10.8 Å². The van der Waals surface area contributed by atoms with Crippen LogP contribution in [0.2, 0.25) is 0 Å². The van der Waals surface area contributed by atoms with Crippen molar-refractivity contribution < 1.29 is 4.39 Å². The fourth-order valence-corrected chi connectivity index (χ4v) is 2.46. The molecule has 0 atom stereocenters. The molecule has 0 aliphatic rings. The molecule has 0 amide bonds. The summed E-state index contributed by atoms with van der Waals surface area (Å²) in [6, 6.07) is 13.0. The van der Waals surface area contributed by atoms with Crippen molar-refractivity contribution in [2.45, 2.75) is 20.0 Å². The molecule has 0 fully saturated rings. The topological polar surface area (TPSA) is 29.3 Å². The maximum atomic E-state index is 13.3. The number of hydrogen-bond donors (Lipinski definition) is 1. The van der Waals surface area contributed by atoms with E-state index in [0.29, 0.717) is 12.1 Å². The summed E-state index contributed by atoms with van der Waals surface area (Å²) >= 11 is 5.00. The summed E-state index contributed by atoms with van der Waals surface area (Å²) in [6.45, 7) is 3.55. The van der Waals surface area contributed by atoms with Crippen LogP contribution in [0.5, 0.6) is 0 Å². The van der Waals surface area contributed by atoms with E-state index in [1.54, 1.807) is 6.07 Å². The van der Waals surface area contributed by atoms with E-state index in [9.17, 15) is 4.39 Å². The van der Waals surface area contributed by atoms with Crippen LogP contribution < -0.4 is 5.73 Å². The zero-order valence-corrected chi connectivity index (χ0v) is 13.1. The van der Waals surface area contributed by atoms with E-state index < -0.39 is 0 Å². The van der Waals surface area contributed by atoms with Crippen molar-refractivity contribution in [2.24, 2.45) is 5.73 Å². The number of benzene rings is 2. The van der Waals surface area contributed by atoms with Crippen molar-refractivity contribution in [3.63, 3.8) is 0 Å². The van der Waals surface area contributed by atoms with Crippen molar-refractivity contribution in [2.75, 3.05) is 7.05 Å². The summed E-state index contributed by atoms with van der Waals surface area (Å²) in [6.07, 6.45) is 0. The number of aryl methyl sites for hydroxylation is 1. The standard InChI is InChI=1S/C17H19FN2S/c1-12-3-5-13(6-4-12)10-20(2)11-14-7-8-15(18)9-16(14)17(19)21/h3-9H,10-11H2,1-2H3,(H2,19,21). The minimum Gasteiger partial charge on any atom is -0.389 e. The molecule has 2 aromatic carbocycles. The largest absolute Gasteiger partial charge is 0.389 e. The predicted octanol–water partition coefficient (Wildman–Crippen LogP) is 3.40. The third kappa shape index (κ3) is 4.34. The second kappa shape index (κ2) is 6.78. The van der Waals surface area contributed by atoms with Crippen LogP contribution in [0.3, 0.4) is 0 Å². The molecule has 0 bridgehead atoms. The van der Waals surface area contributed by atoms with E-state index >= 15 is 0 Å². The van der Waals surface area contributed by atoms with Gasteiger partial charge in [-0.2, -0.15) is 0 Å². The molecule has 0 saturated heterocycles. The van der Waals surface area contributed by atoms with Gasteiger partial charge in [-0.15, -0.1) is 0 Å². The second-order valence-electron chi connectivity index (χ2n) is 5.32. The van der Waals surface area contributed by atoms with Gasteiger partial charge in [-0.25, -0.2) is 4.39 Å². The van der Waals surface area contributed by atoms with Crippen molar-refractivity contribution in [1.82, 2.24) is 4.90 Å². The van der Waals surface area contributed by atoms with Gasteiger partial charge in [0.15, 0.2) is 0 Å². The first kappa shape index (κ1) is 15.6. The Morgan fingerprint density at radius 1 is 1.14 bits per heavy atom. The Balaban J connectivity index is 2.10. The molecule has 0 spiro atoms. The van der Waals surface area contributed by atoms with Gasteiger partial charge in [-0.05, 0) is 37.2 Å². The van der Waals surface area contributed by atoms with Crippen LogP contribution in [0, 0.1) is 12.7 Å². The lowest BCUT2D eigenvalue weighted by atomic mass is 10.1. The number of hydrogen-bond acceptors (Lipinski definition) is 2. The molecule has 2 rings (SSSR count). The highest BCUT2D eigenvalue weighted by molar-refractivity contribution is 7.80. The summed E-state index contributed by atoms with van der Waals surface area (Å²) in [5.74, 6) is -0.317. The quantitative estimate of drug-likeness (QED) is 0.858. The Morgan fingerprint density at radius 2 is 1.81 bits per heavy atom. The van der Waals surface area contributed by atoms with Crippen molar-refractivity contribution in [3.05, 3.63) is 70.5 Å². The Labute approximate surface area is 130 Å². The van der Waals surface area contributed by atoms with E-state index in [2.05, 4.69) is 36.1 Å². The molecule has 0 heterocycles. The van der Waals surface area contributed by atoms with Crippen LogP contribution in [0.4, 0.5) is 4.39 Å². The first-order chi connectivity index (χ1) is 9.95. The first-order valence-corrected chi connectivity index (χ1v) is 7.19. The minimum atomic E-state index is -0.317. The van der Waals surface area contributed by atoms with E-state index in [0.717, 1.165) is 12.1 Å². The molecule has 0 radical (unpaired) electrons. The average Bonchev–Trinajstić information content (AvgIpc) is 2.43. The van der Waals surface area contributed by atoms with E-state index in [-0.39, 0.29) is 10.8 Å². The van der Waals surface area contributed by atoms with Gasteiger partial charge in [0.25, 0.3) is 0 Å². The Kier molecular flexibility index (Phi) is 5.04. The summed E-state index contributed by atoms with van der Waals surface area (Å²) in [5, 5.41) is 0. The summed E-state index contributed by atoms with van der Waals surface area (Å²) in [4.78, 5) is 2.38. The van der Waals surface area contributed by atoms with E-state index in [1.807, 2.05) is 7.05 Å². The van der Waals surface area contributed by atoms with Crippen molar-refractivity contribution >= 4 is 17.2 Å². The highest BCUT2D eigenvalue weighted by Crippen LogP contribution is 2.15. The molecule has 4 heteroatoms. The van der Waals surface area contributed by atoms with E-state index in [1.165, 1.54) is 23.3 Å². The molecular weight excluding hydrogens is 283 g/mol. The van der Waals surface area contributed by atoms with Gasteiger partial charge >= 0.3 is 0 Å². The predicted molar refractivity (Wildman–Crippen MR) is 88.6 cm³/mol. The van der Waals surface area contributed by atoms with E-state index in [4.69, 9.17) is 18.0 Å². The first-order valence-electron chi connectivity index (χ1n) is 6.78. The minimum absolute atomic E-state index is 0.230. The molecule has 2 nitrogen and oxygen atoms in total. The van der Waals surface area contributed by atoms with Gasteiger partial charge in [0.2, 0.25) is 0 Å². The Bertz CT molecular complexity index is 638. The number of halogens is 1. The highest BCUT2D eigenvalue weighted by atomic mass is 32.1. The smallest absolute Gasteiger partial charge is 0.123 e. The Hall–Kier alpha value is -1.78. The number of nitrogens with zero attached hydrogens (tertiary/aromatic N) is 1. The molecule has 0 unspecified atom stereocenters. The van der Waals surface area contributed by atoms with Gasteiger partial charge < -0.3 is 5.73 Å². The third-order valence-corrected chi connectivity index (χ3v) is 3.57. The SMILES string of the molecule is Cc1ccc(CN(C)Cc2ccc(F)cc2C(N)=S)cc1. The summed E-state index contributed by atoms with van der Waals surface area (Å²) < 4.78 is 13.3. The maximum Gasteiger partial charge on any atom is 0.123 e. The van der Waals surface area contributed by atoms with Gasteiger partial charge in [-0.3, -0.25) is 4.90 Å². The number of thiocarbonyl (C=S) groups is 1. The second-order valence-corrected chi connectivity index (χ2v) is 5.76. The highest BCUT2D eigenvalue weighted by Gasteiger charge is 2.09. The Morgan fingerprint density at radius 3 is 2.43 bits per heavy atom. The van der Waals surface area contributed by atoms with Crippen LogP contribution in [0.25, 0.3) is 0 Å². The molecule has 0 saturated carbocycles. The molecule has 2 aromatic rings. The van der Waals surface area contributed by atoms with Crippen molar-refractivity contribution in [3.8, 4) is 0 Å². The van der Waals surface area contributed by atoms with Crippen LogP contribution in [-0.2, 0) is 13.1 Å². The molecular formula is C17H19FN2S. The van der Waals surface area contributed by atoms with Crippen LogP contribution >= 0.6 is 12.2 Å². The van der Waals surface area contributed by atoms with Gasteiger partial charge in [0.05, 0.1) is 0 Å². The summed E-state index contributed by atoms with van der Waals surface area (Å²) in [7, 11) is 2.02. The zero-order chi connectivity index (χ0) is 15.4. The zero-order valence-electron chi connectivity index (χ0n) is 12.3.